The highest BCUT2D eigenvalue weighted by Crippen LogP contribution is 2.34. The van der Waals surface area contributed by atoms with E-state index >= 15 is 0 Å². The van der Waals surface area contributed by atoms with E-state index in [1.54, 1.807) is 0 Å². The molecule has 3 atom stereocenters. The van der Waals surface area contributed by atoms with E-state index in [-0.39, 0.29) is 12.6 Å². The minimum atomic E-state index is 0.157. The zero-order valence-corrected chi connectivity index (χ0v) is 17.9. The van der Waals surface area contributed by atoms with Gasteiger partial charge in [0.25, 0.3) is 0 Å². The monoisotopic (exact) mass is 373 g/mol. The molecule has 2 rings (SSSR count). The Morgan fingerprint density at radius 2 is 1.56 bits per heavy atom. The number of nitrogens with zero attached hydrogens (tertiary/aromatic N) is 1. The molecule has 1 heterocycles. The Bertz CT molecular complexity index is 474. The van der Waals surface area contributed by atoms with Crippen LogP contribution < -0.4 is 0 Å². The van der Waals surface area contributed by atoms with Gasteiger partial charge in [0.15, 0.2) is 0 Å². The van der Waals surface area contributed by atoms with E-state index in [0.717, 1.165) is 0 Å². The Balaban J connectivity index is 1.78. The van der Waals surface area contributed by atoms with Crippen LogP contribution in [0, 0.1) is 0 Å². The predicted octanol–water partition coefficient (Wildman–Crippen LogP) is 6.88. The Morgan fingerprint density at radius 1 is 0.926 bits per heavy atom. The second-order valence-corrected chi connectivity index (χ2v) is 8.61. The number of likely N-dealkylation sites (tertiary alicyclic amines) is 1. The molecule has 1 aliphatic rings. The van der Waals surface area contributed by atoms with Gasteiger partial charge in [0.05, 0.1) is 12.6 Å². The maximum absolute atomic E-state index is 10.2. The molecule has 0 spiro atoms. The van der Waals surface area contributed by atoms with Crippen molar-refractivity contribution in [1.82, 2.24) is 4.90 Å². The molecule has 0 aromatic heterocycles. The van der Waals surface area contributed by atoms with Gasteiger partial charge in [0, 0.05) is 12.1 Å². The fraction of sp³-hybridized carbons (Fsp3) is 0.760. The number of unbranched alkanes of at least 4 members (excludes halogenated alkanes) is 8. The lowest BCUT2D eigenvalue weighted by atomic mass is 9.89. The quantitative estimate of drug-likeness (QED) is 0.381. The molecule has 0 bridgehead atoms. The predicted molar refractivity (Wildman–Crippen MR) is 117 cm³/mol. The minimum Gasteiger partial charge on any atom is -0.394 e. The van der Waals surface area contributed by atoms with E-state index in [4.69, 9.17) is 0 Å². The molecule has 1 aromatic carbocycles. The van der Waals surface area contributed by atoms with Crippen LogP contribution >= 0.6 is 0 Å². The number of hydrogen-bond donors (Lipinski definition) is 1. The molecule has 154 valence electrons. The normalized spacial score (nSPS) is 22.0. The number of aliphatic hydroxyl groups excluding tert-OH is 1. The summed E-state index contributed by atoms with van der Waals surface area (Å²) in [7, 11) is 0. The SMILES string of the molecule is CCCCCCCCCCC[C@H]1CCC[C@H](C)N1[C@@H](CO)c1ccccc1. The van der Waals surface area contributed by atoms with Crippen LogP contribution in [0.1, 0.15) is 109 Å². The smallest absolute Gasteiger partial charge is 0.0628 e. The molecular weight excluding hydrogens is 330 g/mol. The third kappa shape index (κ3) is 7.58. The largest absolute Gasteiger partial charge is 0.394 e. The summed E-state index contributed by atoms with van der Waals surface area (Å²) in [4.78, 5) is 2.64. The maximum atomic E-state index is 10.2. The lowest BCUT2D eigenvalue weighted by Gasteiger charge is -2.45. The van der Waals surface area contributed by atoms with Gasteiger partial charge < -0.3 is 5.11 Å². The second-order valence-electron chi connectivity index (χ2n) is 8.61. The molecule has 1 saturated heterocycles. The molecule has 0 radical (unpaired) electrons. The van der Waals surface area contributed by atoms with Crippen molar-refractivity contribution < 1.29 is 5.11 Å². The fourth-order valence-corrected chi connectivity index (χ4v) is 4.90. The van der Waals surface area contributed by atoms with Crippen LogP contribution in [0.25, 0.3) is 0 Å². The standard InChI is InChI=1S/C25H43NO/c1-3-4-5-6-7-8-9-10-14-19-24-20-15-16-22(2)26(24)25(21-27)23-17-12-11-13-18-23/h11-13,17-18,22,24-25,27H,3-10,14-16,19-21H2,1-2H3/t22-,24-,25-/m0/s1. The summed E-state index contributed by atoms with van der Waals surface area (Å²) >= 11 is 0. The van der Waals surface area contributed by atoms with Crippen LogP contribution in [-0.2, 0) is 0 Å². The molecule has 0 aliphatic carbocycles. The van der Waals surface area contributed by atoms with Crippen molar-refractivity contribution in [3.05, 3.63) is 35.9 Å². The third-order valence-electron chi connectivity index (χ3n) is 6.45. The molecule has 0 saturated carbocycles. The Hall–Kier alpha value is -0.860. The van der Waals surface area contributed by atoms with Crippen LogP contribution in [0.15, 0.2) is 30.3 Å². The zero-order valence-electron chi connectivity index (χ0n) is 17.9. The number of aliphatic hydroxyl groups is 1. The lowest BCUT2D eigenvalue weighted by molar-refractivity contribution is 0.0130. The van der Waals surface area contributed by atoms with Crippen LogP contribution in [0.4, 0.5) is 0 Å². The average Bonchev–Trinajstić information content (AvgIpc) is 2.70. The van der Waals surface area contributed by atoms with Crippen molar-refractivity contribution in [3.63, 3.8) is 0 Å². The molecular formula is C25H43NO. The van der Waals surface area contributed by atoms with E-state index in [0.29, 0.717) is 12.1 Å². The van der Waals surface area contributed by atoms with Gasteiger partial charge in [0.1, 0.15) is 0 Å². The summed E-state index contributed by atoms with van der Waals surface area (Å²) < 4.78 is 0. The molecule has 1 aliphatic heterocycles. The Labute approximate surface area is 168 Å². The summed E-state index contributed by atoms with van der Waals surface area (Å²) in [5.74, 6) is 0. The summed E-state index contributed by atoms with van der Waals surface area (Å²) in [5, 5.41) is 10.2. The minimum absolute atomic E-state index is 0.157. The highest BCUT2D eigenvalue weighted by molar-refractivity contribution is 5.20. The van der Waals surface area contributed by atoms with Crippen molar-refractivity contribution in [3.8, 4) is 0 Å². The second kappa shape index (κ2) is 13.3. The van der Waals surface area contributed by atoms with Crippen molar-refractivity contribution >= 4 is 0 Å². The molecule has 27 heavy (non-hydrogen) atoms. The maximum Gasteiger partial charge on any atom is 0.0628 e. The van der Waals surface area contributed by atoms with Gasteiger partial charge in [-0.15, -0.1) is 0 Å². The lowest BCUT2D eigenvalue weighted by Crippen LogP contribution is -2.48. The Morgan fingerprint density at radius 3 is 2.19 bits per heavy atom. The highest BCUT2D eigenvalue weighted by Gasteiger charge is 2.33. The average molecular weight is 374 g/mol. The highest BCUT2D eigenvalue weighted by atomic mass is 16.3. The van der Waals surface area contributed by atoms with Gasteiger partial charge >= 0.3 is 0 Å². The van der Waals surface area contributed by atoms with E-state index in [1.165, 1.54) is 89.0 Å². The molecule has 0 amide bonds. The summed E-state index contributed by atoms with van der Waals surface area (Å²) in [5.41, 5.74) is 1.27. The first-order valence-corrected chi connectivity index (χ1v) is 11.7. The van der Waals surface area contributed by atoms with E-state index < -0.39 is 0 Å². The topological polar surface area (TPSA) is 23.5 Å². The van der Waals surface area contributed by atoms with Crippen molar-refractivity contribution in [1.29, 1.82) is 0 Å². The summed E-state index contributed by atoms with van der Waals surface area (Å²) in [6, 6.07) is 12.0. The van der Waals surface area contributed by atoms with Gasteiger partial charge in [-0.2, -0.15) is 0 Å². The fourth-order valence-electron chi connectivity index (χ4n) is 4.90. The number of benzene rings is 1. The van der Waals surface area contributed by atoms with Crippen molar-refractivity contribution in [2.24, 2.45) is 0 Å². The first-order valence-electron chi connectivity index (χ1n) is 11.7. The number of rotatable bonds is 13. The van der Waals surface area contributed by atoms with Crippen molar-refractivity contribution in [2.45, 2.75) is 115 Å². The van der Waals surface area contributed by atoms with Gasteiger partial charge in [-0.05, 0) is 31.7 Å². The molecule has 0 unspecified atom stereocenters. The van der Waals surface area contributed by atoms with Crippen LogP contribution in [0.2, 0.25) is 0 Å². The third-order valence-corrected chi connectivity index (χ3v) is 6.45. The first-order chi connectivity index (χ1) is 13.3. The van der Waals surface area contributed by atoms with E-state index in [2.05, 4.69) is 49.1 Å². The Kier molecular flexibility index (Phi) is 11.1. The molecule has 2 heteroatoms. The zero-order chi connectivity index (χ0) is 19.3. The van der Waals surface area contributed by atoms with E-state index in [1.807, 2.05) is 0 Å². The number of hydrogen-bond acceptors (Lipinski definition) is 2. The molecule has 2 nitrogen and oxygen atoms in total. The first kappa shape index (κ1) is 22.4. The van der Waals surface area contributed by atoms with Crippen LogP contribution in [0.5, 0.6) is 0 Å². The van der Waals surface area contributed by atoms with Crippen LogP contribution in [-0.4, -0.2) is 28.7 Å². The van der Waals surface area contributed by atoms with Crippen molar-refractivity contribution in [2.75, 3.05) is 6.61 Å². The van der Waals surface area contributed by atoms with Gasteiger partial charge in [-0.3, -0.25) is 4.90 Å². The van der Waals surface area contributed by atoms with Gasteiger partial charge in [-0.25, -0.2) is 0 Å². The van der Waals surface area contributed by atoms with Crippen LogP contribution in [0.3, 0.4) is 0 Å². The summed E-state index contributed by atoms with van der Waals surface area (Å²) in [6.07, 6.45) is 17.7. The van der Waals surface area contributed by atoms with Gasteiger partial charge in [-0.1, -0.05) is 101 Å². The summed E-state index contributed by atoms with van der Waals surface area (Å²) in [6.45, 7) is 4.87. The molecule has 1 aromatic rings. The molecule has 1 N–H and O–H groups in total. The number of piperidine rings is 1. The molecule has 1 fully saturated rings. The van der Waals surface area contributed by atoms with Gasteiger partial charge in [0.2, 0.25) is 0 Å². The van der Waals surface area contributed by atoms with E-state index in [9.17, 15) is 5.11 Å².